The van der Waals surface area contributed by atoms with Gasteiger partial charge in [0.05, 0.1) is 37.4 Å². The van der Waals surface area contributed by atoms with Gasteiger partial charge in [-0.05, 0) is 42.5 Å². The summed E-state index contributed by atoms with van der Waals surface area (Å²) in [7, 11) is 3.13. The normalized spacial score (nSPS) is 18.8. The minimum Gasteiger partial charge on any atom is -0.493 e. The van der Waals surface area contributed by atoms with E-state index >= 15 is 0 Å². The van der Waals surface area contributed by atoms with E-state index < -0.39 is 12.0 Å². The van der Waals surface area contributed by atoms with Crippen molar-refractivity contribution in [2.45, 2.75) is 51.2 Å². The van der Waals surface area contributed by atoms with Gasteiger partial charge in [0.25, 0.3) is 0 Å². The highest BCUT2D eigenvalue weighted by atomic mass is 32.1. The number of methoxy groups -OCH3 is 2. The standard InChI is InChI=1S/C19H24N2O5S/c1-4-5-17-20-13(10-22)19(27-17)18-12-9-16(26-3)15(25-2)8-11(12)6-7-14(18)21(23)24/h8-9,14,18,22H,4-7,10H2,1-3H3. The van der Waals surface area contributed by atoms with Crippen molar-refractivity contribution in [3.63, 3.8) is 0 Å². The third-order valence-electron chi connectivity index (χ3n) is 5.01. The zero-order valence-corrected chi connectivity index (χ0v) is 16.5. The lowest BCUT2D eigenvalue weighted by Crippen LogP contribution is -2.33. The summed E-state index contributed by atoms with van der Waals surface area (Å²) >= 11 is 1.48. The van der Waals surface area contributed by atoms with Crippen LogP contribution in [0, 0.1) is 10.1 Å². The van der Waals surface area contributed by atoms with Gasteiger partial charge in [-0.3, -0.25) is 10.1 Å². The third-order valence-corrected chi connectivity index (χ3v) is 6.25. The molecule has 0 radical (unpaired) electrons. The van der Waals surface area contributed by atoms with E-state index in [9.17, 15) is 15.2 Å². The van der Waals surface area contributed by atoms with Crippen LogP contribution in [0.1, 0.15) is 52.4 Å². The Labute approximate surface area is 162 Å². The smallest absolute Gasteiger partial charge is 0.225 e. The van der Waals surface area contributed by atoms with Gasteiger partial charge in [0, 0.05) is 16.2 Å². The predicted molar refractivity (Wildman–Crippen MR) is 103 cm³/mol. The van der Waals surface area contributed by atoms with Crippen molar-refractivity contribution in [3.05, 3.63) is 49.0 Å². The van der Waals surface area contributed by atoms with E-state index in [1.807, 2.05) is 12.1 Å². The molecule has 1 N–H and O–H groups in total. The highest BCUT2D eigenvalue weighted by molar-refractivity contribution is 7.11. The molecule has 0 bridgehead atoms. The Morgan fingerprint density at radius 2 is 2.04 bits per heavy atom. The molecule has 0 amide bonds. The summed E-state index contributed by atoms with van der Waals surface area (Å²) in [6.45, 7) is 1.84. The first-order valence-corrected chi connectivity index (χ1v) is 9.83. The molecule has 1 aliphatic carbocycles. The van der Waals surface area contributed by atoms with E-state index in [1.165, 1.54) is 11.3 Å². The Morgan fingerprint density at radius 1 is 1.33 bits per heavy atom. The number of thiazole rings is 1. The molecular weight excluding hydrogens is 368 g/mol. The Morgan fingerprint density at radius 3 is 2.63 bits per heavy atom. The molecule has 27 heavy (non-hydrogen) atoms. The van der Waals surface area contributed by atoms with Gasteiger partial charge in [-0.15, -0.1) is 11.3 Å². The van der Waals surface area contributed by atoms with Crippen molar-refractivity contribution >= 4 is 11.3 Å². The maximum atomic E-state index is 11.8. The first-order valence-electron chi connectivity index (χ1n) is 9.01. The lowest BCUT2D eigenvalue weighted by atomic mass is 9.78. The average Bonchev–Trinajstić information content (AvgIpc) is 3.08. The number of aryl methyl sites for hydroxylation is 2. The lowest BCUT2D eigenvalue weighted by Gasteiger charge is -2.29. The summed E-state index contributed by atoms with van der Waals surface area (Å²) < 4.78 is 10.8. The number of benzene rings is 1. The van der Waals surface area contributed by atoms with Crippen LogP contribution in [0.4, 0.5) is 0 Å². The first kappa shape index (κ1) is 19.6. The van der Waals surface area contributed by atoms with Gasteiger partial charge < -0.3 is 14.6 Å². The molecule has 1 aliphatic rings. The second kappa shape index (κ2) is 8.22. The highest BCUT2D eigenvalue weighted by Crippen LogP contribution is 2.45. The fourth-order valence-corrected chi connectivity index (χ4v) is 5.11. The molecule has 146 valence electrons. The van der Waals surface area contributed by atoms with Gasteiger partial charge >= 0.3 is 0 Å². The average molecular weight is 392 g/mol. The quantitative estimate of drug-likeness (QED) is 0.574. The van der Waals surface area contributed by atoms with Crippen LogP contribution in [0.3, 0.4) is 0 Å². The molecule has 0 aliphatic heterocycles. The number of hydrogen-bond donors (Lipinski definition) is 1. The number of nitro groups is 1. The molecule has 1 aromatic heterocycles. The van der Waals surface area contributed by atoms with Crippen molar-refractivity contribution in [2.24, 2.45) is 0 Å². The molecule has 8 heteroatoms. The van der Waals surface area contributed by atoms with Gasteiger partial charge in [-0.1, -0.05) is 6.92 Å². The van der Waals surface area contributed by atoms with Gasteiger partial charge in [0.2, 0.25) is 6.04 Å². The van der Waals surface area contributed by atoms with Crippen LogP contribution < -0.4 is 9.47 Å². The molecule has 2 aromatic rings. The SMILES string of the molecule is CCCc1nc(CO)c(C2c3cc(OC)c(OC)cc3CCC2[N+](=O)[O-])s1. The van der Waals surface area contributed by atoms with E-state index in [1.54, 1.807) is 14.2 Å². The Bertz CT molecular complexity index is 836. The Balaban J connectivity index is 2.18. The van der Waals surface area contributed by atoms with Crippen LogP contribution in [0.15, 0.2) is 12.1 Å². The monoisotopic (exact) mass is 392 g/mol. The van der Waals surface area contributed by atoms with Crippen LogP contribution in [0.5, 0.6) is 11.5 Å². The molecule has 2 atom stereocenters. The van der Waals surface area contributed by atoms with Gasteiger partial charge in [-0.25, -0.2) is 4.98 Å². The second-order valence-corrected chi connectivity index (χ2v) is 7.72. The zero-order valence-electron chi connectivity index (χ0n) is 15.7. The zero-order chi connectivity index (χ0) is 19.6. The molecule has 2 unspecified atom stereocenters. The number of ether oxygens (including phenoxy) is 2. The molecule has 0 saturated carbocycles. The first-order chi connectivity index (χ1) is 13.0. The summed E-state index contributed by atoms with van der Waals surface area (Å²) in [5, 5.41) is 22.6. The van der Waals surface area contributed by atoms with Crippen LogP contribution in [0.2, 0.25) is 0 Å². The fraction of sp³-hybridized carbons (Fsp3) is 0.526. The molecule has 0 saturated heterocycles. The van der Waals surface area contributed by atoms with Crippen LogP contribution in [0.25, 0.3) is 0 Å². The highest BCUT2D eigenvalue weighted by Gasteiger charge is 2.41. The number of fused-ring (bicyclic) bond motifs is 1. The molecule has 0 fully saturated rings. The van der Waals surface area contributed by atoms with Crippen molar-refractivity contribution < 1.29 is 19.5 Å². The summed E-state index contributed by atoms with van der Waals surface area (Å²) in [6.07, 6.45) is 2.77. The second-order valence-electron chi connectivity index (χ2n) is 6.60. The Hall–Kier alpha value is -2.19. The lowest BCUT2D eigenvalue weighted by molar-refractivity contribution is -0.526. The topological polar surface area (TPSA) is 94.7 Å². The number of aliphatic hydroxyl groups excluding tert-OH is 1. The van der Waals surface area contributed by atoms with Crippen molar-refractivity contribution in [1.29, 1.82) is 0 Å². The van der Waals surface area contributed by atoms with Crippen molar-refractivity contribution in [3.8, 4) is 11.5 Å². The number of aromatic nitrogens is 1. The number of aliphatic hydroxyl groups is 1. The summed E-state index contributed by atoms with van der Waals surface area (Å²) in [6, 6.07) is 2.99. The minimum atomic E-state index is -0.754. The van der Waals surface area contributed by atoms with Crippen LogP contribution in [-0.2, 0) is 19.4 Å². The number of nitrogens with zero attached hydrogens (tertiary/aromatic N) is 2. The summed E-state index contributed by atoms with van der Waals surface area (Å²) in [4.78, 5) is 16.9. The molecule has 1 heterocycles. The van der Waals surface area contributed by atoms with E-state index in [2.05, 4.69) is 11.9 Å². The molecule has 1 aromatic carbocycles. The minimum absolute atomic E-state index is 0.204. The Kier molecular flexibility index (Phi) is 5.96. The van der Waals surface area contributed by atoms with Gasteiger partial charge in [0.1, 0.15) is 0 Å². The van der Waals surface area contributed by atoms with E-state index in [-0.39, 0.29) is 11.5 Å². The molecule has 7 nitrogen and oxygen atoms in total. The molecular formula is C19H24N2O5S. The van der Waals surface area contributed by atoms with Gasteiger partial charge in [-0.2, -0.15) is 0 Å². The van der Waals surface area contributed by atoms with E-state index in [0.29, 0.717) is 30.0 Å². The molecule has 0 spiro atoms. The maximum absolute atomic E-state index is 11.8. The van der Waals surface area contributed by atoms with Crippen LogP contribution in [-0.4, -0.2) is 35.3 Å². The number of hydrogen-bond acceptors (Lipinski definition) is 7. The number of rotatable bonds is 7. The third kappa shape index (κ3) is 3.64. The van der Waals surface area contributed by atoms with Crippen molar-refractivity contribution in [2.75, 3.05) is 14.2 Å². The van der Waals surface area contributed by atoms with E-state index in [4.69, 9.17) is 9.47 Å². The maximum Gasteiger partial charge on any atom is 0.225 e. The fourth-order valence-electron chi connectivity index (χ4n) is 3.75. The van der Waals surface area contributed by atoms with E-state index in [0.717, 1.165) is 33.9 Å². The molecule has 3 rings (SSSR count). The predicted octanol–water partition coefficient (Wildman–Crippen LogP) is 3.33. The van der Waals surface area contributed by atoms with Crippen LogP contribution >= 0.6 is 11.3 Å². The van der Waals surface area contributed by atoms with Crippen molar-refractivity contribution in [1.82, 2.24) is 4.98 Å². The largest absolute Gasteiger partial charge is 0.493 e. The summed E-state index contributed by atoms with van der Waals surface area (Å²) in [5.41, 5.74) is 2.43. The van der Waals surface area contributed by atoms with Gasteiger partial charge in [0.15, 0.2) is 11.5 Å². The summed E-state index contributed by atoms with van der Waals surface area (Å²) in [5.74, 6) is 0.718.